The summed E-state index contributed by atoms with van der Waals surface area (Å²) in [6.07, 6.45) is 3.29. The van der Waals surface area contributed by atoms with Gasteiger partial charge in [-0.1, -0.05) is 30.3 Å². The number of H-pyrrole nitrogens is 1. The molecule has 0 fully saturated rings. The van der Waals surface area contributed by atoms with Crippen LogP contribution in [-0.2, 0) is 16.4 Å². The van der Waals surface area contributed by atoms with E-state index in [0.29, 0.717) is 5.56 Å². The van der Waals surface area contributed by atoms with Crippen molar-refractivity contribution in [2.75, 3.05) is 0 Å². The zero-order valence-corrected chi connectivity index (χ0v) is 15.6. The highest BCUT2D eigenvalue weighted by atomic mass is 32.2. The molecule has 6 nitrogen and oxygen atoms in total. The fourth-order valence-corrected chi connectivity index (χ4v) is 4.15. The van der Waals surface area contributed by atoms with Crippen LogP contribution in [-0.4, -0.2) is 24.3 Å². The van der Waals surface area contributed by atoms with Crippen molar-refractivity contribution in [2.45, 2.75) is 16.3 Å². The Morgan fingerprint density at radius 1 is 0.964 bits per heavy atom. The number of sulfone groups is 1. The van der Waals surface area contributed by atoms with Gasteiger partial charge < -0.3 is 10.3 Å². The Hall–Kier alpha value is -3.45. The number of aromatic nitrogens is 2. The third kappa shape index (κ3) is 3.52. The molecule has 1 amide bonds. The van der Waals surface area contributed by atoms with E-state index >= 15 is 0 Å². The van der Waals surface area contributed by atoms with Crippen molar-refractivity contribution in [3.05, 3.63) is 90.3 Å². The summed E-state index contributed by atoms with van der Waals surface area (Å²) in [6, 6.07) is 18.4. The van der Waals surface area contributed by atoms with Crippen molar-refractivity contribution in [1.82, 2.24) is 15.3 Å². The Kier molecular flexibility index (Phi) is 4.67. The number of amides is 1. The Balaban J connectivity index is 1.45. The molecular weight excluding hydrogens is 374 g/mol. The monoisotopic (exact) mass is 391 g/mol. The third-order valence-corrected chi connectivity index (χ3v) is 6.19. The van der Waals surface area contributed by atoms with Gasteiger partial charge in [0.2, 0.25) is 9.84 Å². The van der Waals surface area contributed by atoms with E-state index in [-0.39, 0.29) is 22.2 Å². The quantitative estimate of drug-likeness (QED) is 0.546. The van der Waals surface area contributed by atoms with Gasteiger partial charge >= 0.3 is 0 Å². The molecule has 0 spiro atoms. The minimum atomic E-state index is -3.54. The number of aromatic amines is 1. The van der Waals surface area contributed by atoms with Crippen LogP contribution in [0.25, 0.3) is 11.0 Å². The second-order valence-electron chi connectivity index (χ2n) is 6.28. The summed E-state index contributed by atoms with van der Waals surface area (Å²) < 4.78 is 25.2. The topological polar surface area (TPSA) is 91.9 Å². The molecule has 7 heteroatoms. The van der Waals surface area contributed by atoms with Crippen LogP contribution in [0.4, 0.5) is 0 Å². The number of benzene rings is 2. The van der Waals surface area contributed by atoms with Crippen LogP contribution < -0.4 is 5.32 Å². The second-order valence-corrected chi connectivity index (χ2v) is 8.23. The van der Waals surface area contributed by atoms with Crippen LogP contribution in [0.1, 0.15) is 15.9 Å². The number of rotatable bonds is 5. The number of carbonyl (C=O) groups is 1. The predicted octanol–water partition coefficient (Wildman–Crippen LogP) is 3.33. The smallest absolute Gasteiger partial charge is 0.253 e. The molecular formula is C21H17N3O3S. The lowest BCUT2D eigenvalue weighted by Gasteiger charge is -2.08. The van der Waals surface area contributed by atoms with Gasteiger partial charge in [-0.25, -0.2) is 13.4 Å². The largest absolute Gasteiger partial charge is 0.348 e. The lowest BCUT2D eigenvalue weighted by atomic mass is 10.2. The van der Waals surface area contributed by atoms with Crippen molar-refractivity contribution < 1.29 is 13.2 Å². The lowest BCUT2D eigenvalue weighted by molar-refractivity contribution is 0.0950. The SMILES string of the molecule is O=C(NCc1ccc(S(=O)(=O)c2ccccc2)cc1)c1cnc2[nH]ccc2c1. The fraction of sp³-hybridized carbons (Fsp3) is 0.0476. The number of nitrogens with one attached hydrogen (secondary N) is 2. The molecule has 4 rings (SSSR count). The Morgan fingerprint density at radius 3 is 2.43 bits per heavy atom. The summed E-state index contributed by atoms with van der Waals surface area (Å²) in [7, 11) is -3.54. The number of pyridine rings is 1. The van der Waals surface area contributed by atoms with Crippen molar-refractivity contribution in [1.29, 1.82) is 0 Å². The van der Waals surface area contributed by atoms with E-state index in [4.69, 9.17) is 0 Å². The zero-order valence-electron chi connectivity index (χ0n) is 14.8. The van der Waals surface area contributed by atoms with Gasteiger partial charge in [0.25, 0.3) is 5.91 Å². The zero-order chi connectivity index (χ0) is 19.6. The van der Waals surface area contributed by atoms with Crippen LogP contribution in [0, 0.1) is 0 Å². The normalized spacial score (nSPS) is 11.4. The van der Waals surface area contributed by atoms with Gasteiger partial charge in [-0.05, 0) is 42.0 Å². The number of fused-ring (bicyclic) bond motifs is 1. The van der Waals surface area contributed by atoms with E-state index in [1.54, 1.807) is 66.9 Å². The molecule has 4 aromatic rings. The highest BCUT2D eigenvalue weighted by molar-refractivity contribution is 7.91. The minimum absolute atomic E-state index is 0.218. The third-order valence-electron chi connectivity index (χ3n) is 4.40. The van der Waals surface area contributed by atoms with Crippen molar-refractivity contribution in [3.63, 3.8) is 0 Å². The number of hydrogen-bond donors (Lipinski definition) is 2. The van der Waals surface area contributed by atoms with Gasteiger partial charge in [0.1, 0.15) is 5.65 Å². The van der Waals surface area contributed by atoms with Crippen LogP contribution in [0.3, 0.4) is 0 Å². The number of carbonyl (C=O) groups excluding carboxylic acids is 1. The van der Waals surface area contributed by atoms with Gasteiger partial charge in [0.15, 0.2) is 0 Å². The van der Waals surface area contributed by atoms with Gasteiger partial charge in [-0.3, -0.25) is 4.79 Å². The predicted molar refractivity (Wildman–Crippen MR) is 106 cm³/mol. The van der Waals surface area contributed by atoms with Crippen molar-refractivity contribution in [3.8, 4) is 0 Å². The number of hydrogen-bond acceptors (Lipinski definition) is 4. The van der Waals surface area contributed by atoms with E-state index in [1.165, 1.54) is 6.20 Å². The standard InChI is InChI=1S/C21H17N3O3S/c25-21(17-12-16-10-11-22-20(16)23-14-17)24-13-15-6-8-19(9-7-15)28(26,27)18-4-2-1-3-5-18/h1-12,14H,13H2,(H,22,23)(H,24,25). The van der Waals surface area contributed by atoms with Crippen LogP contribution >= 0.6 is 0 Å². The highest BCUT2D eigenvalue weighted by Gasteiger charge is 2.17. The van der Waals surface area contributed by atoms with Gasteiger partial charge in [0.05, 0.1) is 15.4 Å². The van der Waals surface area contributed by atoms with E-state index in [2.05, 4.69) is 15.3 Å². The average molecular weight is 391 g/mol. The molecule has 0 aliphatic rings. The van der Waals surface area contributed by atoms with E-state index in [1.807, 2.05) is 6.07 Å². The summed E-state index contributed by atoms with van der Waals surface area (Å²) >= 11 is 0. The highest BCUT2D eigenvalue weighted by Crippen LogP contribution is 2.20. The van der Waals surface area contributed by atoms with Gasteiger partial charge in [-0.2, -0.15) is 0 Å². The molecule has 28 heavy (non-hydrogen) atoms. The van der Waals surface area contributed by atoms with Crippen molar-refractivity contribution in [2.24, 2.45) is 0 Å². The maximum atomic E-state index is 12.6. The second kappa shape index (κ2) is 7.28. The molecule has 0 unspecified atom stereocenters. The van der Waals surface area contributed by atoms with Crippen LogP contribution in [0.2, 0.25) is 0 Å². The molecule has 0 saturated heterocycles. The molecule has 0 saturated carbocycles. The Morgan fingerprint density at radius 2 is 1.68 bits per heavy atom. The first kappa shape index (κ1) is 17.9. The van der Waals surface area contributed by atoms with Gasteiger partial charge in [-0.15, -0.1) is 0 Å². The summed E-state index contributed by atoms with van der Waals surface area (Å²) in [4.78, 5) is 20.0. The van der Waals surface area contributed by atoms with E-state index in [0.717, 1.165) is 16.6 Å². The summed E-state index contributed by atoms with van der Waals surface area (Å²) in [5.41, 5.74) is 2.00. The first-order chi connectivity index (χ1) is 13.5. The maximum absolute atomic E-state index is 12.6. The molecule has 2 aromatic heterocycles. The molecule has 2 N–H and O–H groups in total. The average Bonchev–Trinajstić information content (AvgIpc) is 3.21. The minimum Gasteiger partial charge on any atom is -0.348 e. The maximum Gasteiger partial charge on any atom is 0.253 e. The van der Waals surface area contributed by atoms with E-state index < -0.39 is 9.84 Å². The molecule has 2 heterocycles. The molecule has 2 aromatic carbocycles. The Bertz CT molecular complexity index is 1230. The van der Waals surface area contributed by atoms with Gasteiger partial charge in [0, 0.05) is 24.3 Å². The first-order valence-electron chi connectivity index (χ1n) is 8.64. The summed E-state index contributed by atoms with van der Waals surface area (Å²) in [5.74, 6) is -0.239. The van der Waals surface area contributed by atoms with Crippen LogP contribution in [0.5, 0.6) is 0 Å². The molecule has 0 radical (unpaired) electrons. The molecule has 0 atom stereocenters. The molecule has 0 aliphatic carbocycles. The molecule has 0 bridgehead atoms. The Labute approximate surface area is 162 Å². The molecule has 0 aliphatic heterocycles. The summed E-state index contributed by atoms with van der Waals surface area (Å²) in [6.45, 7) is 0.287. The van der Waals surface area contributed by atoms with Crippen LogP contribution in [0.15, 0.2) is 88.9 Å². The van der Waals surface area contributed by atoms with Crippen molar-refractivity contribution >= 4 is 26.8 Å². The summed E-state index contributed by atoms with van der Waals surface area (Å²) in [5, 5.41) is 3.69. The number of nitrogens with zero attached hydrogens (tertiary/aromatic N) is 1. The van der Waals surface area contributed by atoms with E-state index in [9.17, 15) is 13.2 Å². The fourth-order valence-electron chi connectivity index (χ4n) is 2.87. The lowest BCUT2D eigenvalue weighted by Crippen LogP contribution is -2.22. The first-order valence-corrected chi connectivity index (χ1v) is 10.1. The molecule has 140 valence electrons.